The van der Waals surface area contributed by atoms with E-state index in [0.717, 1.165) is 25.7 Å². The Labute approximate surface area is 109 Å². The highest BCUT2D eigenvalue weighted by Gasteiger charge is 2.32. The Bertz CT molecular complexity index is 423. The fraction of sp³-hybridized carbons (Fsp3) is 0.538. The summed E-state index contributed by atoms with van der Waals surface area (Å²) < 4.78 is 40.9. The second kappa shape index (κ2) is 5.69. The van der Waals surface area contributed by atoms with E-state index >= 15 is 0 Å². The van der Waals surface area contributed by atoms with Gasteiger partial charge in [-0.2, -0.15) is 0 Å². The quantitative estimate of drug-likeness (QED) is 0.889. The fourth-order valence-corrected chi connectivity index (χ4v) is 2.38. The second-order valence-electron chi connectivity index (χ2n) is 4.81. The molecule has 0 heterocycles. The third kappa shape index (κ3) is 4.31. The first kappa shape index (κ1) is 14.0. The normalized spacial score (nSPS) is 24.0. The zero-order valence-corrected chi connectivity index (χ0v) is 10.4. The summed E-state index contributed by atoms with van der Waals surface area (Å²) in [6.07, 6.45) is -1.05. The van der Waals surface area contributed by atoms with Gasteiger partial charge in [0.15, 0.2) is 5.75 Å². The average Bonchev–Trinajstić information content (AvgIpc) is 2.30. The van der Waals surface area contributed by atoms with E-state index in [4.69, 9.17) is 5.73 Å². The van der Waals surface area contributed by atoms with Crippen molar-refractivity contribution in [2.45, 2.75) is 44.1 Å². The van der Waals surface area contributed by atoms with Crippen molar-refractivity contribution in [3.05, 3.63) is 24.3 Å². The van der Waals surface area contributed by atoms with Crippen LogP contribution < -0.4 is 15.8 Å². The minimum atomic E-state index is -4.68. The van der Waals surface area contributed by atoms with Crippen LogP contribution in [0.2, 0.25) is 0 Å². The van der Waals surface area contributed by atoms with Gasteiger partial charge in [-0.15, -0.1) is 13.2 Å². The maximum Gasteiger partial charge on any atom is 0.573 e. The topological polar surface area (TPSA) is 47.3 Å². The molecule has 2 unspecified atom stereocenters. The van der Waals surface area contributed by atoms with Crippen LogP contribution in [-0.2, 0) is 0 Å². The summed E-state index contributed by atoms with van der Waals surface area (Å²) in [6.45, 7) is 0. The molecule has 0 aromatic heterocycles. The lowest BCUT2D eigenvalue weighted by Gasteiger charge is -2.28. The van der Waals surface area contributed by atoms with Gasteiger partial charge >= 0.3 is 6.36 Å². The van der Waals surface area contributed by atoms with E-state index in [-0.39, 0.29) is 17.8 Å². The first-order valence-electron chi connectivity index (χ1n) is 6.31. The summed E-state index contributed by atoms with van der Waals surface area (Å²) >= 11 is 0. The highest BCUT2D eigenvalue weighted by Crippen LogP contribution is 2.32. The van der Waals surface area contributed by atoms with Gasteiger partial charge in [-0.05, 0) is 37.8 Å². The van der Waals surface area contributed by atoms with E-state index in [1.807, 2.05) is 0 Å². The van der Waals surface area contributed by atoms with Crippen molar-refractivity contribution in [1.82, 2.24) is 0 Å². The van der Waals surface area contributed by atoms with Crippen molar-refractivity contribution in [1.29, 1.82) is 0 Å². The second-order valence-corrected chi connectivity index (χ2v) is 4.81. The van der Waals surface area contributed by atoms with E-state index in [0.29, 0.717) is 5.69 Å². The van der Waals surface area contributed by atoms with Crippen LogP contribution in [0.4, 0.5) is 18.9 Å². The molecule has 2 rings (SSSR count). The Hall–Kier alpha value is -1.43. The summed E-state index contributed by atoms with van der Waals surface area (Å²) in [7, 11) is 0. The zero-order valence-electron chi connectivity index (χ0n) is 10.4. The molecule has 1 aromatic carbocycles. The van der Waals surface area contributed by atoms with Crippen molar-refractivity contribution in [3.63, 3.8) is 0 Å². The van der Waals surface area contributed by atoms with Crippen molar-refractivity contribution in [3.8, 4) is 5.75 Å². The average molecular weight is 274 g/mol. The fourth-order valence-electron chi connectivity index (χ4n) is 2.38. The van der Waals surface area contributed by atoms with Crippen molar-refractivity contribution >= 4 is 5.69 Å². The molecule has 1 saturated carbocycles. The van der Waals surface area contributed by atoms with Crippen molar-refractivity contribution < 1.29 is 17.9 Å². The minimum Gasteiger partial charge on any atom is -0.404 e. The van der Waals surface area contributed by atoms with Gasteiger partial charge in [0.25, 0.3) is 0 Å². The molecule has 0 radical (unpaired) electrons. The maximum atomic E-state index is 12.3. The number of alkyl halides is 3. The monoisotopic (exact) mass is 274 g/mol. The van der Waals surface area contributed by atoms with Gasteiger partial charge < -0.3 is 15.8 Å². The van der Waals surface area contributed by atoms with Gasteiger partial charge in [-0.3, -0.25) is 0 Å². The number of halogens is 3. The maximum absolute atomic E-state index is 12.3. The van der Waals surface area contributed by atoms with Gasteiger partial charge in [0.05, 0.1) is 5.69 Å². The van der Waals surface area contributed by atoms with E-state index in [1.54, 1.807) is 12.1 Å². The molecule has 1 fully saturated rings. The Kier molecular flexibility index (Phi) is 4.19. The van der Waals surface area contributed by atoms with Gasteiger partial charge in [-0.25, -0.2) is 0 Å². The smallest absolute Gasteiger partial charge is 0.404 e. The van der Waals surface area contributed by atoms with E-state index < -0.39 is 6.36 Å². The molecule has 1 aliphatic carbocycles. The highest BCUT2D eigenvalue weighted by atomic mass is 19.4. The van der Waals surface area contributed by atoms with Crippen LogP contribution in [0, 0.1) is 0 Å². The van der Waals surface area contributed by atoms with Crippen LogP contribution in [0.15, 0.2) is 24.3 Å². The van der Waals surface area contributed by atoms with E-state index in [1.165, 1.54) is 12.1 Å². The number of rotatable bonds is 3. The zero-order chi connectivity index (χ0) is 13.9. The van der Waals surface area contributed by atoms with E-state index in [2.05, 4.69) is 10.1 Å². The number of nitrogens with one attached hydrogen (secondary N) is 1. The number of para-hydroxylation sites is 2. The number of hydrogen-bond donors (Lipinski definition) is 2. The summed E-state index contributed by atoms with van der Waals surface area (Å²) in [5.41, 5.74) is 6.23. The lowest BCUT2D eigenvalue weighted by molar-refractivity contribution is -0.274. The predicted molar refractivity (Wildman–Crippen MR) is 67.0 cm³/mol. The molecule has 0 saturated heterocycles. The molecular formula is C13H17F3N2O. The Morgan fingerprint density at radius 1 is 1.21 bits per heavy atom. The standard InChI is InChI=1S/C13H17F3N2O/c14-13(15,16)19-12-7-2-1-6-11(12)18-10-5-3-4-9(17)8-10/h1-2,6-7,9-10,18H,3-5,8,17H2. The largest absolute Gasteiger partial charge is 0.573 e. The molecular weight excluding hydrogens is 257 g/mol. The molecule has 0 bridgehead atoms. The summed E-state index contributed by atoms with van der Waals surface area (Å²) in [4.78, 5) is 0. The minimum absolute atomic E-state index is 0.0988. The first-order valence-corrected chi connectivity index (χ1v) is 6.31. The summed E-state index contributed by atoms with van der Waals surface area (Å²) in [6, 6.07) is 6.29. The molecule has 6 heteroatoms. The number of nitrogens with two attached hydrogens (primary N) is 1. The molecule has 19 heavy (non-hydrogen) atoms. The SMILES string of the molecule is NC1CCCC(Nc2ccccc2OC(F)(F)F)C1. The van der Waals surface area contributed by atoms with E-state index in [9.17, 15) is 13.2 Å². The van der Waals surface area contributed by atoms with Crippen LogP contribution >= 0.6 is 0 Å². The molecule has 2 atom stereocenters. The molecule has 0 aliphatic heterocycles. The Morgan fingerprint density at radius 2 is 1.95 bits per heavy atom. The van der Waals surface area contributed by atoms with Gasteiger partial charge in [-0.1, -0.05) is 12.1 Å². The Balaban J connectivity index is 2.07. The number of ether oxygens (including phenoxy) is 1. The first-order chi connectivity index (χ1) is 8.94. The molecule has 0 spiro atoms. The van der Waals surface area contributed by atoms with Crippen molar-refractivity contribution in [2.24, 2.45) is 5.73 Å². The van der Waals surface area contributed by atoms with Crippen LogP contribution in [0.25, 0.3) is 0 Å². The van der Waals surface area contributed by atoms with Gasteiger partial charge in [0, 0.05) is 12.1 Å². The number of hydrogen-bond acceptors (Lipinski definition) is 3. The molecule has 1 aliphatic rings. The van der Waals surface area contributed by atoms with Crippen molar-refractivity contribution in [2.75, 3.05) is 5.32 Å². The van der Waals surface area contributed by atoms with Gasteiger partial charge in [0.2, 0.25) is 0 Å². The van der Waals surface area contributed by atoms with Gasteiger partial charge in [0.1, 0.15) is 0 Å². The molecule has 3 nitrogen and oxygen atoms in total. The molecule has 106 valence electrons. The molecule has 3 N–H and O–H groups in total. The molecule has 0 amide bonds. The van der Waals surface area contributed by atoms with Crippen LogP contribution in [-0.4, -0.2) is 18.4 Å². The van der Waals surface area contributed by atoms with Crippen LogP contribution in [0.1, 0.15) is 25.7 Å². The number of anilines is 1. The summed E-state index contributed by atoms with van der Waals surface area (Å²) in [5, 5.41) is 3.10. The third-order valence-electron chi connectivity index (χ3n) is 3.19. The summed E-state index contributed by atoms with van der Waals surface area (Å²) in [5.74, 6) is -0.200. The van der Waals surface area contributed by atoms with Crippen LogP contribution in [0.3, 0.4) is 0 Å². The lowest BCUT2D eigenvalue weighted by Crippen LogP contribution is -2.35. The highest BCUT2D eigenvalue weighted by molar-refractivity contribution is 5.56. The lowest BCUT2D eigenvalue weighted by atomic mass is 9.91. The third-order valence-corrected chi connectivity index (χ3v) is 3.19. The molecule has 1 aromatic rings. The Morgan fingerprint density at radius 3 is 2.63 bits per heavy atom. The number of benzene rings is 1. The predicted octanol–water partition coefficient (Wildman–Crippen LogP) is 3.27. The van der Waals surface area contributed by atoms with Crippen LogP contribution in [0.5, 0.6) is 5.75 Å².